The van der Waals surface area contributed by atoms with Gasteiger partial charge in [0.1, 0.15) is 0 Å². The summed E-state index contributed by atoms with van der Waals surface area (Å²) in [5, 5.41) is 23.5. The number of hydrogen-bond donors (Lipinski definition) is 3. The second-order valence-corrected chi connectivity index (χ2v) is 29.2. The zero-order chi connectivity index (χ0) is 65.6. The first-order valence-corrected chi connectivity index (χ1v) is 42.1. The molecule has 0 heterocycles. The third-order valence-electron chi connectivity index (χ3n) is 20.0. The van der Waals surface area contributed by atoms with E-state index in [0.717, 1.165) is 44.9 Å². The van der Waals surface area contributed by atoms with Crippen molar-refractivity contribution in [2.75, 3.05) is 13.2 Å². The molecule has 0 spiro atoms. The molecule has 0 saturated carbocycles. The third kappa shape index (κ3) is 77.2. The Hall–Kier alpha value is -1.66. The van der Waals surface area contributed by atoms with Crippen LogP contribution in [0.4, 0.5) is 0 Å². The summed E-state index contributed by atoms with van der Waals surface area (Å²) < 4.78 is 5.49. The van der Waals surface area contributed by atoms with E-state index >= 15 is 0 Å². The van der Waals surface area contributed by atoms with E-state index in [-0.39, 0.29) is 18.5 Å². The molecule has 540 valence electrons. The first kappa shape index (κ1) is 89.3. The maximum Gasteiger partial charge on any atom is 0.305 e. The number of allylic oxidation sites excluding steroid dienone is 4. The van der Waals surface area contributed by atoms with Gasteiger partial charge in [-0.15, -0.1) is 0 Å². The van der Waals surface area contributed by atoms with Gasteiger partial charge in [0, 0.05) is 12.8 Å². The fraction of sp³-hybridized carbons (Fsp3) is 0.929. The van der Waals surface area contributed by atoms with Crippen LogP contribution in [0.2, 0.25) is 0 Å². The quantitative estimate of drug-likeness (QED) is 0.0320. The van der Waals surface area contributed by atoms with Crippen LogP contribution in [0.15, 0.2) is 24.3 Å². The number of carbonyl (C=O) groups excluding carboxylic acids is 2. The fourth-order valence-corrected chi connectivity index (χ4v) is 13.6. The molecule has 0 rings (SSSR count). The average molecular weight is 1280 g/mol. The minimum atomic E-state index is -0.662. The predicted molar refractivity (Wildman–Crippen MR) is 403 cm³/mol. The molecule has 0 aliphatic carbocycles. The van der Waals surface area contributed by atoms with E-state index in [0.29, 0.717) is 25.9 Å². The summed E-state index contributed by atoms with van der Waals surface area (Å²) in [5.41, 5.74) is 0. The zero-order valence-corrected chi connectivity index (χ0v) is 62.1. The van der Waals surface area contributed by atoms with E-state index in [1.54, 1.807) is 0 Å². The van der Waals surface area contributed by atoms with Crippen LogP contribution in [-0.2, 0) is 14.3 Å². The first-order valence-electron chi connectivity index (χ1n) is 42.1. The molecule has 0 saturated heterocycles. The molecule has 1 amide bonds. The number of carbonyl (C=O) groups is 2. The molecule has 3 N–H and O–H groups in total. The van der Waals surface area contributed by atoms with Gasteiger partial charge in [0.05, 0.1) is 25.4 Å². The molecule has 0 fully saturated rings. The lowest BCUT2D eigenvalue weighted by Crippen LogP contribution is -2.45. The number of amides is 1. The molecule has 91 heavy (non-hydrogen) atoms. The number of ether oxygens (including phenoxy) is 1. The van der Waals surface area contributed by atoms with E-state index in [9.17, 15) is 19.8 Å². The SMILES string of the molecule is CCCCCC/C=C\CCCCCCCC(=O)OCCCCCCCCCCCCCCCCCCCC/C=C\CCCCCCCCCCCCCCCCCCCC(=O)NC(CO)C(O)CCCCCCCCCCCCCCCCCCCCCCCC. The normalized spacial score (nSPS) is 12.5. The van der Waals surface area contributed by atoms with E-state index in [1.165, 1.54) is 405 Å². The van der Waals surface area contributed by atoms with Gasteiger partial charge in [0.2, 0.25) is 5.91 Å². The minimum absolute atomic E-state index is 0.0141. The van der Waals surface area contributed by atoms with E-state index in [2.05, 4.69) is 43.5 Å². The Labute approximate surface area is 571 Å². The number of aliphatic hydroxyl groups is 2. The number of esters is 1. The molecule has 0 aromatic carbocycles. The molecule has 2 atom stereocenters. The average Bonchev–Trinajstić information content (AvgIpc) is 3.70. The number of nitrogens with one attached hydrogen (secondary N) is 1. The highest BCUT2D eigenvalue weighted by molar-refractivity contribution is 5.76. The predicted octanol–water partition coefficient (Wildman–Crippen LogP) is 28.0. The Morgan fingerprint density at radius 1 is 0.297 bits per heavy atom. The topological polar surface area (TPSA) is 95.9 Å². The summed E-state index contributed by atoms with van der Waals surface area (Å²) in [5.74, 6) is -0.0107. The van der Waals surface area contributed by atoms with Gasteiger partial charge in [-0.2, -0.15) is 0 Å². The van der Waals surface area contributed by atoms with Crippen LogP contribution < -0.4 is 5.32 Å². The second kappa shape index (κ2) is 80.8. The highest BCUT2D eigenvalue weighted by Gasteiger charge is 2.20. The highest BCUT2D eigenvalue weighted by atomic mass is 16.5. The van der Waals surface area contributed by atoms with Crippen molar-refractivity contribution in [1.29, 1.82) is 0 Å². The third-order valence-corrected chi connectivity index (χ3v) is 20.0. The molecular formula is C85H165NO5. The van der Waals surface area contributed by atoms with Crippen molar-refractivity contribution < 1.29 is 24.5 Å². The molecule has 6 heteroatoms. The van der Waals surface area contributed by atoms with Crippen LogP contribution in [0.3, 0.4) is 0 Å². The Morgan fingerprint density at radius 3 is 0.791 bits per heavy atom. The Kier molecular flexibility index (Phi) is 79.3. The number of hydrogen-bond acceptors (Lipinski definition) is 5. The van der Waals surface area contributed by atoms with Crippen LogP contribution >= 0.6 is 0 Å². The molecule has 0 bridgehead atoms. The Morgan fingerprint density at radius 2 is 0.516 bits per heavy atom. The van der Waals surface area contributed by atoms with Crippen molar-refractivity contribution in [2.45, 2.75) is 495 Å². The van der Waals surface area contributed by atoms with E-state index < -0.39 is 12.1 Å². The number of rotatable bonds is 80. The van der Waals surface area contributed by atoms with E-state index in [1.807, 2.05) is 0 Å². The zero-order valence-electron chi connectivity index (χ0n) is 62.1. The van der Waals surface area contributed by atoms with Crippen molar-refractivity contribution in [2.24, 2.45) is 0 Å². The van der Waals surface area contributed by atoms with Gasteiger partial charge in [-0.3, -0.25) is 9.59 Å². The molecule has 2 unspecified atom stereocenters. The van der Waals surface area contributed by atoms with Crippen LogP contribution in [-0.4, -0.2) is 47.4 Å². The van der Waals surface area contributed by atoms with Crippen LogP contribution in [0.25, 0.3) is 0 Å². The Bertz CT molecular complexity index is 1430. The van der Waals surface area contributed by atoms with Crippen molar-refractivity contribution in [3.8, 4) is 0 Å². The molecule has 0 aliphatic rings. The van der Waals surface area contributed by atoms with Gasteiger partial charge in [0.25, 0.3) is 0 Å². The molecule has 0 radical (unpaired) electrons. The summed E-state index contributed by atoms with van der Waals surface area (Å²) >= 11 is 0. The summed E-state index contributed by atoms with van der Waals surface area (Å²) in [6.45, 7) is 4.99. The van der Waals surface area contributed by atoms with Gasteiger partial charge in [-0.25, -0.2) is 0 Å². The smallest absolute Gasteiger partial charge is 0.305 e. The number of aliphatic hydroxyl groups excluding tert-OH is 2. The maximum atomic E-state index is 12.6. The standard InChI is InChI=1S/C85H165NO5/c1-3-5-7-9-11-13-15-17-18-19-20-21-41-44-47-50-54-57-61-65-69-73-77-83(88)82(81-87)86-84(89)78-74-70-66-62-58-55-51-48-45-42-39-37-35-33-31-29-27-25-23-22-24-26-28-30-32-34-36-38-40-43-46-49-52-56-60-64-68-72-76-80-91-85(90)79-75-71-67-63-59-53-16-14-12-10-8-6-4-2/h14,16,22-23,82-83,87-88H,3-13,15,17-21,24-81H2,1-2H3,(H,86,89)/b16-14-,23-22-. The van der Waals surface area contributed by atoms with Gasteiger partial charge >= 0.3 is 5.97 Å². The van der Waals surface area contributed by atoms with Gasteiger partial charge in [-0.1, -0.05) is 417 Å². The monoisotopic (exact) mass is 1280 g/mol. The lowest BCUT2D eigenvalue weighted by atomic mass is 10.0. The largest absolute Gasteiger partial charge is 0.466 e. The van der Waals surface area contributed by atoms with Gasteiger partial charge in [-0.05, 0) is 77.0 Å². The molecule has 6 nitrogen and oxygen atoms in total. The molecular weight excluding hydrogens is 1110 g/mol. The second-order valence-electron chi connectivity index (χ2n) is 29.2. The van der Waals surface area contributed by atoms with Crippen molar-refractivity contribution >= 4 is 11.9 Å². The van der Waals surface area contributed by atoms with E-state index in [4.69, 9.17) is 4.74 Å². The van der Waals surface area contributed by atoms with Crippen molar-refractivity contribution in [3.63, 3.8) is 0 Å². The van der Waals surface area contributed by atoms with Gasteiger partial charge in [0.15, 0.2) is 0 Å². The van der Waals surface area contributed by atoms with Crippen LogP contribution in [0, 0.1) is 0 Å². The molecule has 0 aromatic heterocycles. The summed E-state index contributed by atoms with van der Waals surface area (Å²) in [6.07, 6.45) is 104. The highest BCUT2D eigenvalue weighted by Crippen LogP contribution is 2.21. The van der Waals surface area contributed by atoms with Crippen LogP contribution in [0.1, 0.15) is 483 Å². The lowest BCUT2D eigenvalue weighted by Gasteiger charge is -2.22. The summed E-state index contributed by atoms with van der Waals surface area (Å²) in [4.78, 5) is 24.6. The Balaban J connectivity index is 3.33. The summed E-state index contributed by atoms with van der Waals surface area (Å²) in [7, 11) is 0. The van der Waals surface area contributed by atoms with Gasteiger partial charge < -0.3 is 20.3 Å². The lowest BCUT2D eigenvalue weighted by molar-refractivity contribution is -0.143. The van der Waals surface area contributed by atoms with Crippen LogP contribution in [0.5, 0.6) is 0 Å². The van der Waals surface area contributed by atoms with Crippen molar-refractivity contribution in [3.05, 3.63) is 24.3 Å². The fourth-order valence-electron chi connectivity index (χ4n) is 13.6. The number of unbranched alkanes of at least 4 members (excludes halogenated alkanes) is 65. The minimum Gasteiger partial charge on any atom is -0.466 e. The molecule has 0 aliphatic heterocycles. The first-order chi connectivity index (χ1) is 45.0. The maximum absolute atomic E-state index is 12.6. The van der Waals surface area contributed by atoms with Crippen molar-refractivity contribution in [1.82, 2.24) is 5.32 Å². The molecule has 0 aromatic rings. The summed E-state index contributed by atoms with van der Waals surface area (Å²) in [6, 6.07) is -0.539.